The number of nitrogens with one attached hydrogen (secondary N) is 2. The first-order valence-electron chi connectivity index (χ1n) is 7.33. The number of rotatable bonds is 6. The zero-order valence-corrected chi connectivity index (χ0v) is 12.6. The molecule has 0 saturated carbocycles. The average Bonchev–Trinajstić information content (AvgIpc) is 2.53. The number of hydrogen-bond donors (Lipinski definition) is 2. The zero-order chi connectivity index (χ0) is 15.1. The van der Waals surface area contributed by atoms with E-state index in [4.69, 9.17) is 0 Å². The van der Waals surface area contributed by atoms with Crippen molar-refractivity contribution in [2.75, 3.05) is 26.2 Å². The van der Waals surface area contributed by atoms with Crippen molar-refractivity contribution in [1.82, 2.24) is 15.5 Å². The number of piperazine rings is 1. The van der Waals surface area contributed by atoms with Gasteiger partial charge < -0.3 is 15.5 Å². The van der Waals surface area contributed by atoms with Gasteiger partial charge in [0.2, 0.25) is 0 Å². The molecule has 21 heavy (non-hydrogen) atoms. The molecular weight excluding hydrogens is 262 g/mol. The van der Waals surface area contributed by atoms with Crippen molar-refractivity contribution in [2.45, 2.75) is 13.5 Å². The van der Waals surface area contributed by atoms with E-state index >= 15 is 0 Å². The van der Waals surface area contributed by atoms with Crippen LogP contribution in [-0.2, 0) is 11.3 Å². The minimum atomic E-state index is 0.0411. The Morgan fingerprint density at radius 2 is 2.00 bits per heavy atom. The minimum Gasteiger partial charge on any atom is -0.376 e. The van der Waals surface area contributed by atoms with E-state index in [1.165, 1.54) is 0 Å². The summed E-state index contributed by atoms with van der Waals surface area (Å²) in [5.74, 6) is 0.0411. The number of carbonyl (C=O) groups is 1. The quantitative estimate of drug-likeness (QED) is 0.616. The van der Waals surface area contributed by atoms with Crippen molar-refractivity contribution < 1.29 is 4.79 Å². The van der Waals surface area contributed by atoms with E-state index in [1.807, 2.05) is 30.3 Å². The number of carbonyl (C=O) groups excluding carboxylic acids is 1. The molecule has 0 radical (unpaired) electrons. The lowest BCUT2D eigenvalue weighted by Gasteiger charge is -2.31. The molecule has 1 saturated heterocycles. The summed E-state index contributed by atoms with van der Waals surface area (Å²) in [6.07, 6.45) is 1.78. The molecular formula is C17H23N3O. The van der Waals surface area contributed by atoms with Crippen LogP contribution in [0.3, 0.4) is 0 Å². The van der Waals surface area contributed by atoms with Gasteiger partial charge in [0.05, 0.1) is 5.70 Å². The third-order valence-corrected chi connectivity index (χ3v) is 3.57. The van der Waals surface area contributed by atoms with Crippen molar-refractivity contribution in [2.24, 2.45) is 0 Å². The highest BCUT2D eigenvalue weighted by atomic mass is 16.1. The number of Topliss-reactive ketones (excluding diaryl/α,β-unsaturated/α-hetero) is 1. The van der Waals surface area contributed by atoms with Crippen LogP contribution in [0.25, 0.3) is 0 Å². The Kier molecular flexibility index (Phi) is 5.58. The van der Waals surface area contributed by atoms with Crippen LogP contribution >= 0.6 is 0 Å². The second-order valence-corrected chi connectivity index (χ2v) is 5.10. The van der Waals surface area contributed by atoms with E-state index in [1.54, 1.807) is 13.0 Å². The third-order valence-electron chi connectivity index (χ3n) is 3.57. The summed E-state index contributed by atoms with van der Waals surface area (Å²) in [6, 6.07) is 10.1. The predicted molar refractivity (Wildman–Crippen MR) is 85.6 cm³/mol. The van der Waals surface area contributed by atoms with Crippen LogP contribution in [0.2, 0.25) is 0 Å². The van der Waals surface area contributed by atoms with Gasteiger partial charge in [-0.05, 0) is 11.6 Å². The molecule has 0 atom stereocenters. The van der Waals surface area contributed by atoms with Gasteiger partial charge in [0.15, 0.2) is 5.78 Å². The number of benzene rings is 1. The first kappa shape index (κ1) is 15.3. The molecule has 1 heterocycles. The van der Waals surface area contributed by atoms with Crippen LogP contribution in [0, 0.1) is 0 Å². The highest BCUT2D eigenvalue weighted by molar-refractivity contribution is 5.93. The van der Waals surface area contributed by atoms with Gasteiger partial charge in [-0.3, -0.25) is 4.79 Å². The van der Waals surface area contributed by atoms with E-state index in [0.717, 1.165) is 37.4 Å². The largest absolute Gasteiger partial charge is 0.376 e. The Balaban J connectivity index is 2.16. The molecule has 2 rings (SSSR count). The molecule has 4 nitrogen and oxygen atoms in total. The summed E-state index contributed by atoms with van der Waals surface area (Å²) in [7, 11) is 0. The van der Waals surface area contributed by atoms with Gasteiger partial charge in [-0.2, -0.15) is 0 Å². The summed E-state index contributed by atoms with van der Waals surface area (Å²) in [5, 5.41) is 6.60. The first-order chi connectivity index (χ1) is 10.2. The predicted octanol–water partition coefficient (Wildman–Crippen LogP) is 1.67. The van der Waals surface area contributed by atoms with E-state index in [0.29, 0.717) is 12.2 Å². The third kappa shape index (κ3) is 4.20. The molecule has 0 spiro atoms. The van der Waals surface area contributed by atoms with Crippen LogP contribution in [0.5, 0.6) is 0 Å². The maximum atomic E-state index is 12.0. The lowest BCUT2D eigenvalue weighted by molar-refractivity contribution is -0.114. The fourth-order valence-electron chi connectivity index (χ4n) is 2.48. The molecule has 112 valence electrons. The number of hydrogen-bond acceptors (Lipinski definition) is 4. The molecule has 4 heteroatoms. The molecule has 0 aliphatic carbocycles. The van der Waals surface area contributed by atoms with Crippen LogP contribution in [0.4, 0.5) is 0 Å². The molecule has 1 aliphatic rings. The Hall–Kier alpha value is -2.07. The Morgan fingerprint density at radius 1 is 1.33 bits per heavy atom. The van der Waals surface area contributed by atoms with Crippen molar-refractivity contribution in [1.29, 1.82) is 0 Å². The molecule has 0 bridgehead atoms. The molecule has 1 aromatic carbocycles. The summed E-state index contributed by atoms with van der Waals surface area (Å²) in [4.78, 5) is 14.2. The standard InChI is InChI=1S/C17H23N3O/c1-3-16(20-11-9-18-10-12-20)17(14(2)21)19-13-15-7-5-4-6-8-15/h3-8,18-19H,1,9-13H2,2H3/b17-16-. The van der Waals surface area contributed by atoms with Gasteiger partial charge in [-0.1, -0.05) is 36.9 Å². The maximum absolute atomic E-state index is 12.0. The normalized spacial score (nSPS) is 16.1. The molecule has 2 N–H and O–H groups in total. The van der Waals surface area contributed by atoms with Crippen molar-refractivity contribution in [3.63, 3.8) is 0 Å². The molecule has 0 unspecified atom stereocenters. The Morgan fingerprint density at radius 3 is 2.57 bits per heavy atom. The molecule has 1 aromatic rings. The van der Waals surface area contributed by atoms with Gasteiger partial charge in [0.1, 0.15) is 5.70 Å². The average molecular weight is 285 g/mol. The smallest absolute Gasteiger partial charge is 0.177 e. The topological polar surface area (TPSA) is 44.4 Å². The second kappa shape index (κ2) is 7.64. The van der Waals surface area contributed by atoms with Gasteiger partial charge in [-0.15, -0.1) is 0 Å². The van der Waals surface area contributed by atoms with Crippen LogP contribution < -0.4 is 10.6 Å². The monoisotopic (exact) mass is 285 g/mol. The van der Waals surface area contributed by atoms with Crippen LogP contribution in [-0.4, -0.2) is 36.9 Å². The van der Waals surface area contributed by atoms with Gasteiger partial charge in [-0.25, -0.2) is 0 Å². The van der Waals surface area contributed by atoms with E-state index < -0.39 is 0 Å². The fourth-order valence-corrected chi connectivity index (χ4v) is 2.48. The lowest BCUT2D eigenvalue weighted by Crippen LogP contribution is -2.43. The van der Waals surface area contributed by atoms with Crippen molar-refractivity contribution in [3.8, 4) is 0 Å². The fraction of sp³-hybridized carbons (Fsp3) is 0.353. The lowest BCUT2D eigenvalue weighted by atomic mass is 10.1. The second-order valence-electron chi connectivity index (χ2n) is 5.10. The highest BCUT2D eigenvalue weighted by Crippen LogP contribution is 2.13. The SMILES string of the molecule is C=C/C(=C(/NCc1ccccc1)C(C)=O)N1CCNCC1. The Bertz CT molecular complexity index is 516. The first-order valence-corrected chi connectivity index (χ1v) is 7.33. The van der Waals surface area contributed by atoms with Gasteiger partial charge in [0.25, 0.3) is 0 Å². The van der Waals surface area contributed by atoms with Crippen LogP contribution in [0.15, 0.2) is 54.4 Å². The molecule has 1 fully saturated rings. The van der Waals surface area contributed by atoms with Gasteiger partial charge >= 0.3 is 0 Å². The maximum Gasteiger partial charge on any atom is 0.177 e. The zero-order valence-electron chi connectivity index (χ0n) is 12.6. The van der Waals surface area contributed by atoms with Gasteiger partial charge in [0, 0.05) is 39.6 Å². The highest BCUT2D eigenvalue weighted by Gasteiger charge is 2.17. The molecule has 1 aliphatic heterocycles. The molecule has 0 aromatic heterocycles. The van der Waals surface area contributed by atoms with E-state index in [9.17, 15) is 4.79 Å². The minimum absolute atomic E-state index is 0.0411. The summed E-state index contributed by atoms with van der Waals surface area (Å²) in [5.41, 5.74) is 2.70. The van der Waals surface area contributed by atoms with E-state index in [2.05, 4.69) is 22.1 Å². The van der Waals surface area contributed by atoms with E-state index in [-0.39, 0.29) is 5.78 Å². The molecule has 0 amide bonds. The number of nitrogens with zero attached hydrogens (tertiary/aromatic N) is 1. The Labute approximate surface area is 126 Å². The summed E-state index contributed by atoms with van der Waals surface area (Å²) < 4.78 is 0. The number of ketones is 1. The summed E-state index contributed by atoms with van der Waals surface area (Å²) in [6.45, 7) is 9.77. The van der Waals surface area contributed by atoms with Crippen LogP contribution in [0.1, 0.15) is 12.5 Å². The van der Waals surface area contributed by atoms with Crippen molar-refractivity contribution >= 4 is 5.78 Å². The number of allylic oxidation sites excluding steroid dienone is 2. The summed E-state index contributed by atoms with van der Waals surface area (Å²) >= 11 is 0. The van der Waals surface area contributed by atoms with Crippen molar-refractivity contribution in [3.05, 3.63) is 59.9 Å².